The number of anilines is 1. The van der Waals surface area contributed by atoms with Gasteiger partial charge in [0.2, 0.25) is 0 Å². The van der Waals surface area contributed by atoms with Gasteiger partial charge in [-0.15, -0.1) is 11.3 Å². The molecule has 0 unspecified atom stereocenters. The first-order valence-electron chi connectivity index (χ1n) is 8.58. The summed E-state index contributed by atoms with van der Waals surface area (Å²) in [4.78, 5) is 19.9. The quantitative estimate of drug-likeness (QED) is 0.474. The number of benzene rings is 3. The van der Waals surface area contributed by atoms with Crippen molar-refractivity contribution >= 4 is 33.7 Å². The van der Waals surface area contributed by atoms with Crippen LogP contribution in [0.25, 0.3) is 21.3 Å². The van der Waals surface area contributed by atoms with Crippen LogP contribution in [0.2, 0.25) is 0 Å². The van der Waals surface area contributed by atoms with Crippen molar-refractivity contribution in [1.82, 2.24) is 4.98 Å². The predicted molar refractivity (Wildman–Crippen MR) is 109 cm³/mol. The number of aromatic nitrogens is 1. The van der Waals surface area contributed by atoms with E-state index in [9.17, 15) is 4.79 Å². The monoisotopic (exact) mass is 358 g/mol. The van der Waals surface area contributed by atoms with Gasteiger partial charge in [-0.1, -0.05) is 60.7 Å². The van der Waals surface area contributed by atoms with Gasteiger partial charge in [0.05, 0.1) is 6.20 Å². The topological polar surface area (TPSA) is 33.2 Å². The Morgan fingerprint density at radius 2 is 1.69 bits per heavy atom. The summed E-state index contributed by atoms with van der Waals surface area (Å²) in [5.41, 5.74) is 1.94. The molecule has 0 saturated carbocycles. The molecule has 0 spiro atoms. The standard InChI is InChI=1S/C22H18N2OS/c1-2-24(19-13-12-16-8-6-7-11-18(16)14-19)22(25)20-15-23-21(26-20)17-9-4-3-5-10-17/h3-15H,2H2,1H3. The molecule has 0 fully saturated rings. The molecule has 4 rings (SSSR count). The second kappa shape index (κ2) is 7.10. The fourth-order valence-electron chi connectivity index (χ4n) is 3.01. The number of hydrogen-bond acceptors (Lipinski definition) is 3. The number of carbonyl (C=O) groups is 1. The van der Waals surface area contributed by atoms with E-state index in [1.807, 2.05) is 55.5 Å². The van der Waals surface area contributed by atoms with Crippen molar-refractivity contribution in [3.05, 3.63) is 83.9 Å². The molecule has 0 N–H and O–H groups in total. The maximum absolute atomic E-state index is 13.1. The molecular weight excluding hydrogens is 340 g/mol. The summed E-state index contributed by atoms with van der Waals surface area (Å²) in [5.74, 6) is -0.0116. The van der Waals surface area contributed by atoms with Gasteiger partial charge in [-0.3, -0.25) is 4.79 Å². The van der Waals surface area contributed by atoms with E-state index < -0.39 is 0 Å². The Bertz CT molecular complexity index is 1060. The molecule has 4 heteroatoms. The van der Waals surface area contributed by atoms with E-state index in [1.165, 1.54) is 16.7 Å². The molecule has 128 valence electrons. The first-order chi connectivity index (χ1) is 12.8. The summed E-state index contributed by atoms with van der Waals surface area (Å²) in [6.45, 7) is 2.60. The number of carbonyl (C=O) groups excluding carboxylic acids is 1. The normalized spacial score (nSPS) is 10.8. The lowest BCUT2D eigenvalue weighted by Crippen LogP contribution is -2.29. The zero-order chi connectivity index (χ0) is 17.9. The van der Waals surface area contributed by atoms with E-state index in [0.29, 0.717) is 11.4 Å². The van der Waals surface area contributed by atoms with Gasteiger partial charge in [-0.25, -0.2) is 4.98 Å². The van der Waals surface area contributed by atoms with E-state index in [1.54, 1.807) is 11.1 Å². The third kappa shape index (κ3) is 3.11. The lowest BCUT2D eigenvalue weighted by molar-refractivity contribution is 0.0992. The van der Waals surface area contributed by atoms with E-state index >= 15 is 0 Å². The maximum Gasteiger partial charge on any atom is 0.269 e. The molecule has 1 heterocycles. The van der Waals surface area contributed by atoms with Crippen LogP contribution in [0.1, 0.15) is 16.6 Å². The van der Waals surface area contributed by atoms with Crippen molar-refractivity contribution < 1.29 is 4.79 Å². The number of hydrogen-bond donors (Lipinski definition) is 0. The molecule has 4 aromatic rings. The fourth-order valence-corrected chi connectivity index (χ4v) is 3.88. The summed E-state index contributed by atoms with van der Waals surface area (Å²) in [5, 5.41) is 3.16. The average molecular weight is 358 g/mol. The van der Waals surface area contributed by atoms with Crippen molar-refractivity contribution in [3.63, 3.8) is 0 Å². The highest BCUT2D eigenvalue weighted by molar-refractivity contribution is 7.17. The highest BCUT2D eigenvalue weighted by Gasteiger charge is 2.19. The molecule has 0 aliphatic heterocycles. The van der Waals surface area contributed by atoms with Gasteiger partial charge >= 0.3 is 0 Å². The van der Waals surface area contributed by atoms with Crippen LogP contribution < -0.4 is 4.90 Å². The molecule has 1 aromatic heterocycles. The van der Waals surface area contributed by atoms with E-state index in [2.05, 4.69) is 29.2 Å². The van der Waals surface area contributed by atoms with E-state index in [0.717, 1.165) is 21.6 Å². The van der Waals surface area contributed by atoms with Crippen LogP contribution in [0.3, 0.4) is 0 Å². The lowest BCUT2D eigenvalue weighted by Gasteiger charge is -2.20. The number of nitrogens with zero attached hydrogens (tertiary/aromatic N) is 2. The van der Waals surface area contributed by atoms with Gasteiger partial charge in [0.1, 0.15) is 9.88 Å². The summed E-state index contributed by atoms with van der Waals surface area (Å²) in [6, 6.07) is 24.2. The van der Waals surface area contributed by atoms with E-state index in [-0.39, 0.29) is 5.91 Å². The molecule has 0 bridgehead atoms. The molecule has 3 nitrogen and oxygen atoms in total. The van der Waals surface area contributed by atoms with Crippen molar-refractivity contribution in [2.75, 3.05) is 11.4 Å². The maximum atomic E-state index is 13.1. The minimum Gasteiger partial charge on any atom is -0.308 e. The Hall–Kier alpha value is -2.98. The summed E-state index contributed by atoms with van der Waals surface area (Å²) < 4.78 is 0. The van der Waals surface area contributed by atoms with Gasteiger partial charge < -0.3 is 4.90 Å². The van der Waals surface area contributed by atoms with E-state index in [4.69, 9.17) is 0 Å². The largest absolute Gasteiger partial charge is 0.308 e. The highest BCUT2D eigenvalue weighted by atomic mass is 32.1. The molecule has 0 saturated heterocycles. The highest BCUT2D eigenvalue weighted by Crippen LogP contribution is 2.28. The summed E-state index contributed by atoms with van der Waals surface area (Å²) >= 11 is 1.43. The van der Waals surface area contributed by atoms with Crippen LogP contribution in [0.15, 0.2) is 79.0 Å². The minimum absolute atomic E-state index is 0.0116. The second-order valence-electron chi connectivity index (χ2n) is 5.98. The molecule has 0 aliphatic rings. The first kappa shape index (κ1) is 16.5. The average Bonchev–Trinajstić information content (AvgIpc) is 3.19. The van der Waals surface area contributed by atoms with Gasteiger partial charge in [-0.2, -0.15) is 0 Å². The van der Waals surface area contributed by atoms with Crippen molar-refractivity contribution in [2.24, 2.45) is 0 Å². The third-order valence-electron chi connectivity index (χ3n) is 4.34. The lowest BCUT2D eigenvalue weighted by atomic mass is 10.1. The number of amides is 1. The van der Waals surface area contributed by atoms with Crippen LogP contribution in [0.4, 0.5) is 5.69 Å². The number of rotatable bonds is 4. The van der Waals surface area contributed by atoms with Gasteiger partial charge in [-0.05, 0) is 29.8 Å². The Kier molecular flexibility index (Phi) is 4.50. The number of fused-ring (bicyclic) bond motifs is 1. The Balaban J connectivity index is 1.66. The predicted octanol–water partition coefficient (Wildman–Crippen LogP) is 5.63. The molecule has 3 aromatic carbocycles. The second-order valence-corrected chi connectivity index (χ2v) is 7.01. The van der Waals surface area contributed by atoms with Gasteiger partial charge in [0.15, 0.2) is 0 Å². The minimum atomic E-state index is -0.0116. The fraction of sp³-hybridized carbons (Fsp3) is 0.0909. The summed E-state index contributed by atoms with van der Waals surface area (Å²) in [7, 11) is 0. The van der Waals surface area contributed by atoms with Crippen molar-refractivity contribution in [2.45, 2.75) is 6.92 Å². The molecule has 0 radical (unpaired) electrons. The molecule has 1 amide bonds. The molecule has 0 atom stereocenters. The zero-order valence-corrected chi connectivity index (χ0v) is 15.2. The SMILES string of the molecule is CCN(C(=O)c1cnc(-c2ccccc2)s1)c1ccc2ccccc2c1. The van der Waals surface area contributed by atoms with Gasteiger partial charge in [0.25, 0.3) is 5.91 Å². The van der Waals surface area contributed by atoms with Crippen molar-refractivity contribution in [3.8, 4) is 10.6 Å². The first-order valence-corrected chi connectivity index (χ1v) is 9.40. The third-order valence-corrected chi connectivity index (χ3v) is 5.38. The Labute approximate surface area is 156 Å². The zero-order valence-electron chi connectivity index (χ0n) is 14.4. The Morgan fingerprint density at radius 1 is 0.962 bits per heavy atom. The molecule has 0 aliphatic carbocycles. The van der Waals surface area contributed by atoms with Crippen LogP contribution in [-0.4, -0.2) is 17.4 Å². The van der Waals surface area contributed by atoms with Crippen LogP contribution in [0, 0.1) is 0 Å². The Morgan fingerprint density at radius 3 is 2.46 bits per heavy atom. The smallest absolute Gasteiger partial charge is 0.269 e. The van der Waals surface area contributed by atoms with Crippen molar-refractivity contribution in [1.29, 1.82) is 0 Å². The van der Waals surface area contributed by atoms with Crippen LogP contribution >= 0.6 is 11.3 Å². The molecule has 26 heavy (non-hydrogen) atoms. The van der Waals surface area contributed by atoms with Crippen LogP contribution in [0.5, 0.6) is 0 Å². The molecular formula is C22H18N2OS. The summed E-state index contributed by atoms with van der Waals surface area (Å²) in [6.07, 6.45) is 1.68. The van der Waals surface area contributed by atoms with Crippen LogP contribution in [-0.2, 0) is 0 Å². The number of thiazole rings is 1. The van der Waals surface area contributed by atoms with Gasteiger partial charge in [0, 0.05) is 17.8 Å².